The summed E-state index contributed by atoms with van der Waals surface area (Å²) in [5.74, 6) is 0.307. The van der Waals surface area contributed by atoms with Crippen LogP contribution in [0, 0.1) is 19.8 Å². The number of thiazole rings is 1. The molecule has 0 radical (unpaired) electrons. The predicted octanol–water partition coefficient (Wildman–Crippen LogP) is 4.08. The molecule has 3 aromatic rings. The van der Waals surface area contributed by atoms with Gasteiger partial charge in [0.1, 0.15) is 4.88 Å². The van der Waals surface area contributed by atoms with Crippen LogP contribution in [0.1, 0.15) is 46.9 Å². The van der Waals surface area contributed by atoms with E-state index in [1.54, 1.807) is 6.92 Å². The van der Waals surface area contributed by atoms with Gasteiger partial charge in [-0.25, -0.2) is 4.98 Å². The summed E-state index contributed by atoms with van der Waals surface area (Å²) in [4.78, 5) is 30.3. The molecule has 3 rings (SSSR count). The quantitative estimate of drug-likeness (QED) is 0.672. The smallest absolute Gasteiger partial charge is 0.276 e. The lowest BCUT2D eigenvalue weighted by atomic mass is 10.0. The zero-order chi connectivity index (χ0) is 19.6. The van der Waals surface area contributed by atoms with Gasteiger partial charge in [0.25, 0.3) is 11.5 Å². The van der Waals surface area contributed by atoms with E-state index >= 15 is 0 Å². The first-order chi connectivity index (χ1) is 12.9. The zero-order valence-corrected chi connectivity index (χ0v) is 16.8. The van der Waals surface area contributed by atoms with Crippen molar-refractivity contribution in [2.75, 3.05) is 5.32 Å². The average molecular weight is 385 g/mol. The molecule has 0 saturated heterocycles. The molecule has 1 aromatic carbocycles. The summed E-state index contributed by atoms with van der Waals surface area (Å²) in [6, 6.07) is 9.27. The molecule has 2 N–H and O–H groups in total. The van der Waals surface area contributed by atoms with Crippen molar-refractivity contribution in [2.24, 2.45) is 5.92 Å². The number of carbonyl (C=O) groups is 1. The van der Waals surface area contributed by atoms with Crippen LogP contribution < -0.4 is 10.9 Å². The molecule has 6 nitrogen and oxygen atoms in total. The van der Waals surface area contributed by atoms with Gasteiger partial charge in [0.15, 0.2) is 0 Å². The molecule has 1 amide bonds. The van der Waals surface area contributed by atoms with Gasteiger partial charge < -0.3 is 5.32 Å². The van der Waals surface area contributed by atoms with Gasteiger partial charge in [0.2, 0.25) is 5.13 Å². The Morgan fingerprint density at radius 3 is 2.63 bits per heavy atom. The number of nitrogens with one attached hydrogen (secondary N) is 2. The molecule has 0 aliphatic carbocycles. The molecule has 0 aliphatic rings. The fourth-order valence-electron chi connectivity index (χ4n) is 2.84. The lowest BCUT2D eigenvalue weighted by Gasteiger charge is -2.02. The normalized spacial score (nSPS) is 11.1. The first-order valence-corrected chi connectivity index (χ1v) is 9.83. The SMILES string of the molecule is Cc1nc(-n2[nH]c(C)c(CCC(C)C)c2=O)sc1C(=O)Nc1ccccc1. The van der Waals surface area contributed by atoms with E-state index in [0.717, 1.165) is 29.8 Å². The van der Waals surface area contributed by atoms with Crippen molar-refractivity contribution in [3.63, 3.8) is 0 Å². The summed E-state index contributed by atoms with van der Waals surface area (Å²) in [6.45, 7) is 7.96. The van der Waals surface area contributed by atoms with Crippen molar-refractivity contribution in [2.45, 2.75) is 40.5 Å². The molecule has 0 spiro atoms. The van der Waals surface area contributed by atoms with Gasteiger partial charge in [0.05, 0.1) is 5.69 Å². The number of nitrogens with zero attached hydrogens (tertiary/aromatic N) is 2. The fraction of sp³-hybridized carbons (Fsp3) is 0.350. The highest BCUT2D eigenvalue weighted by molar-refractivity contribution is 7.16. The number of hydrogen-bond acceptors (Lipinski definition) is 4. The molecule has 27 heavy (non-hydrogen) atoms. The number of aryl methyl sites for hydroxylation is 2. The first kappa shape index (κ1) is 19.1. The minimum atomic E-state index is -0.223. The second-order valence-electron chi connectivity index (χ2n) is 7.02. The molecule has 2 aromatic heterocycles. The Hall–Kier alpha value is -2.67. The monoisotopic (exact) mass is 384 g/mol. The Balaban J connectivity index is 1.87. The number of benzene rings is 1. The molecule has 7 heteroatoms. The Bertz CT molecular complexity index is 999. The summed E-state index contributed by atoms with van der Waals surface area (Å²) in [7, 11) is 0. The topological polar surface area (TPSA) is 79.8 Å². The number of aromatic amines is 1. The van der Waals surface area contributed by atoms with Crippen LogP contribution in [0.3, 0.4) is 0 Å². The summed E-state index contributed by atoms with van der Waals surface area (Å²) in [5, 5.41) is 6.45. The number of hydrogen-bond donors (Lipinski definition) is 2. The van der Waals surface area contributed by atoms with Gasteiger partial charge in [-0.15, -0.1) is 0 Å². The third-order valence-electron chi connectivity index (χ3n) is 4.38. The highest BCUT2D eigenvalue weighted by Gasteiger charge is 2.20. The highest BCUT2D eigenvalue weighted by Crippen LogP contribution is 2.22. The van der Waals surface area contributed by atoms with E-state index in [9.17, 15) is 9.59 Å². The number of rotatable bonds is 6. The van der Waals surface area contributed by atoms with Crippen LogP contribution in [0.2, 0.25) is 0 Å². The van der Waals surface area contributed by atoms with Crippen LogP contribution in [0.25, 0.3) is 5.13 Å². The maximum Gasteiger partial charge on any atom is 0.276 e. The number of carbonyl (C=O) groups excluding carboxylic acids is 1. The van der Waals surface area contributed by atoms with E-state index < -0.39 is 0 Å². The van der Waals surface area contributed by atoms with Gasteiger partial charge in [-0.05, 0) is 44.7 Å². The summed E-state index contributed by atoms with van der Waals surface area (Å²) >= 11 is 1.21. The molecule has 0 atom stereocenters. The van der Waals surface area contributed by atoms with E-state index in [0.29, 0.717) is 21.6 Å². The van der Waals surface area contributed by atoms with Crippen LogP contribution in [-0.4, -0.2) is 20.7 Å². The van der Waals surface area contributed by atoms with Crippen LogP contribution in [0.15, 0.2) is 35.1 Å². The third kappa shape index (κ3) is 4.19. The lowest BCUT2D eigenvalue weighted by Crippen LogP contribution is -2.17. The van der Waals surface area contributed by atoms with E-state index in [4.69, 9.17) is 0 Å². The lowest BCUT2D eigenvalue weighted by molar-refractivity contribution is 0.103. The molecule has 0 unspecified atom stereocenters. The maximum absolute atomic E-state index is 12.8. The summed E-state index contributed by atoms with van der Waals surface area (Å²) in [6.07, 6.45) is 1.69. The highest BCUT2D eigenvalue weighted by atomic mass is 32.1. The van der Waals surface area contributed by atoms with E-state index in [-0.39, 0.29) is 11.5 Å². The van der Waals surface area contributed by atoms with Crippen LogP contribution in [0.4, 0.5) is 5.69 Å². The van der Waals surface area contributed by atoms with Crippen molar-refractivity contribution in [3.05, 3.63) is 62.5 Å². The van der Waals surface area contributed by atoms with E-state index in [2.05, 4.69) is 29.2 Å². The summed E-state index contributed by atoms with van der Waals surface area (Å²) in [5.41, 5.74) is 2.87. The largest absolute Gasteiger partial charge is 0.321 e. The number of amides is 1. The standard InChI is InChI=1S/C20H24N4O2S/c1-12(2)10-11-16-13(3)23-24(19(16)26)20-21-14(4)17(27-20)18(25)22-15-8-6-5-7-9-15/h5-9,12,23H,10-11H2,1-4H3,(H,22,25). The molecule has 142 valence electrons. The Kier molecular flexibility index (Phi) is 5.60. The second kappa shape index (κ2) is 7.92. The van der Waals surface area contributed by atoms with Crippen LogP contribution >= 0.6 is 11.3 Å². The zero-order valence-electron chi connectivity index (χ0n) is 16.0. The van der Waals surface area contributed by atoms with Gasteiger partial charge in [-0.1, -0.05) is 43.4 Å². The predicted molar refractivity (Wildman–Crippen MR) is 109 cm³/mol. The minimum absolute atomic E-state index is 0.0862. The van der Waals surface area contributed by atoms with Crippen molar-refractivity contribution in [3.8, 4) is 5.13 Å². The summed E-state index contributed by atoms with van der Waals surface area (Å²) < 4.78 is 1.45. The van der Waals surface area contributed by atoms with Crippen LogP contribution in [0.5, 0.6) is 0 Å². The van der Waals surface area contributed by atoms with Gasteiger partial charge in [-0.2, -0.15) is 4.68 Å². The first-order valence-electron chi connectivity index (χ1n) is 9.01. The van der Waals surface area contributed by atoms with Gasteiger partial charge in [0, 0.05) is 16.9 Å². The van der Waals surface area contributed by atoms with Gasteiger partial charge in [-0.3, -0.25) is 14.7 Å². The minimum Gasteiger partial charge on any atom is -0.321 e. The van der Waals surface area contributed by atoms with Crippen molar-refractivity contribution in [1.82, 2.24) is 14.8 Å². The third-order valence-corrected chi connectivity index (χ3v) is 5.52. The molecule has 0 bridgehead atoms. The van der Waals surface area contributed by atoms with Crippen molar-refractivity contribution < 1.29 is 4.79 Å². The number of anilines is 1. The van der Waals surface area contributed by atoms with E-state index in [1.165, 1.54) is 16.0 Å². The van der Waals surface area contributed by atoms with Crippen molar-refractivity contribution in [1.29, 1.82) is 0 Å². The maximum atomic E-state index is 12.8. The molecule has 2 heterocycles. The second-order valence-corrected chi connectivity index (χ2v) is 8.00. The number of H-pyrrole nitrogens is 1. The Morgan fingerprint density at radius 2 is 1.96 bits per heavy atom. The fourth-order valence-corrected chi connectivity index (χ4v) is 3.76. The molecular weight excluding hydrogens is 360 g/mol. The Labute approximate surface area is 162 Å². The molecule has 0 aliphatic heterocycles. The number of aromatic nitrogens is 3. The van der Waals surface area contributed by atoms with Crippen molar-refractivity contribution >= 4 is 22.9 Å². The molecule has 0 fully saturated rings. The molecular formula is C20H24N4O2S. The Morgan fingerprint density at radius 1 is 1.26 bits per heavy atom. The molecule has 0 saturated carbocycles. The van der Waals surface area contributed by atoms with Gasteiger partial charge >= 0.3 is 0 Å². The van der Waals surface area contributed by atoms with E-state index in [1.807, 2.05) is 37.3 Å². The number of para-hydroxylation sites is 1. The van der Waals surface area contributed by atoms with Crippen LogP contribution in [-0.2, 0) is 6.42 Å². The average Bonchev–Trinajstić information content (AvgIpc) is 3.14.